The number of nitrogens with zero attached hydrogens (tertiary/aromatic N) is 1. The fourth-order valence-corrected chi connectivity index (χ4v) is 4.01. The van der Waals surface area contributed by atoms with Crippen molar-refractivity contribution in [2.75, 3.05) is 11.9 Å². The van der Waals surface area contributed by atoms with Crippen molar-refractivity contribution in [2.45, 2.75) is 17.7 Å². The van der Waals surface area contributed by atoms with Gasteiger partial charge in [-0.05, 0) is 41.8 Å². The lowest BCUT2D eigenvalue weighted by molar-refractivity contribution is 0.102. The van der Waals surface area contributed by atoms with Crippen molar-refractivity contribution >= 4 is 21.6 Å². The van der Waals surface area contributed by atoms with Crippen molar-refractivity contribution in [3.8, 4) is 6.07 Å². The highest BCUT2D eigenvalue weighted by Gasteiger charge is 2.16. The lowest BCUT2D eigenvalue weighted by Crippen LogP contribution is -2.25. The Morgan fingerprint density at radius 1 is 0.933 bits per heavy atom. The molecule has 0 atom stereocenters. The van der Waals surface area contributed by atoms with Crippen LogP contribution in [0.3, 0.4) is 0 Å². The van der Waals surface area contributed by atoms with Gasteiger partial charge < -0.3 is 5.32 Å². The third-order valence-electron chi connectivity index (χ3n) is 4.44. The first-order valence-electron chi connectivity index (χ1n) is 9.39. The summed E-state index contributed by atoms with van der Waals surface area (Å²) in [5.41, 5.74) is 2.98. The van der Waals surface area contributed by atoms with E-state index in [2.05, 4.69) is 10.0 Å². The minimum Gasteiger partial charge on any atom is -0.322 e. The first kappa shape index (κ1) is 21.2. The van der Waals surface area contributed by atoms with Crippen molar-refractivity contribution < 1.29 is 13.2 Å². The average molecular weight is 420 g/mol. The first-order chi connectivity index (χ1) is 14.5. The Hall–Kier alpha value is -3.47. The molecule has 0 unspecified atom stereocenters. The molecule has 0 heterocycles. The highest BCUT2D eigenvalue weighted by molar-refractivity contribution is 7.89. The van der Waals surface area contributed by atoms with E-state index in [-0.39, 0.29) is 23.4 Å². The minimum atomic E-state index is -3.79. The van der Waals surface area contributed by atoms with E-state index >= 15 is 0 Å². The number of anilines is 1. The fraction of sp³-hybridized carbons (Fsp3) is 0.130. The molecule has 0 saturated heterocycles. The van der Waals surface area contributed by atoms with Crippen LogP contribution >= 0.6 is 0 Å². The van der Waals surface area contributed by atoms with Crippen LogP contribution in [-0.2, 0) is 16.4 Å². The van der Waals surface area contributed by atoms with Gasteiger partial charge in [0.05, 0.1) is 11.0 Å². The molecule has 0 fully saturated rings. The summed E-state index contributed by atoms with van der Waals surface area (Å²) in [6, 6.07) is 25.1. The Labute approximate surface area is 176 Å². The molecular weight excluding hydrogens is 398 g/mol. The number of carbonyl (C=O) groups is 1. The molecule has 0 radical (unpaired) electrons. The second-order valence-corrected chi connectivity index (χ2v) is 8.37. The molecule has 0 aliphatic carbocycles. The van der Waals surface area contributed by atoms with Crippen LogP contribution in [0.1, 0.15) is 27.9 Å². The Morgan fingerprint density at radius 2 is 1.67 bits per heavy atom. The van der Waals surface area contributed by atoms with Crippen molar-refractivity contribution in [1.29, 1.82) is 5.26 Å². The zero-order valence-electron chi connectivity index (χ0n) is 16.2. The molecule has 0 spiro atoms. The number of para-hydroxylation sites is 1. The Morgan fingerprint density at radius 3 is 2.43 bits per heavy atom. The van der Waals surface area contributed by atoms with Crippen molar-refractivity contribution in [1.82, 2.24) is 4.72 Å². The molecule has 30 heavy (non-hydrogen) atoms. The first-order valence-corrected chi connectivity index (χ1v) is 10.9. The van der Waals surface area contributed by atoms with E-state index in [1.165, 1.54) is 18.2 Å². The van der Waals surface area contributed by atoms with Gasteiger partial charge in [-0.3, -0.25) is 4.79 Å². The normalized spacial score (nSPS) is 10.9. The van der Waals surface area contributed by atoms with Gasteiger partial charge in [0.15, 0.2) is 0 Å². The highest BCUT2D eigenvalue weighted by atomic mass is 32.2. The SMILES string of the molecule is N#CCCNS(=O)(=O)c1cccc(C(=O)Nc2ccccc2Cc2ccccc2)c1. The van der Waals surface area contributed by atoms with Crippen LogP contribution in [0.15, 0.2) is 83.8 Å². The van der Waals surface area contributed by atoms with Gasteiger partial charge in [-0.15, -0.1) is 0 Å². The number of benzene rings is 3. The van der Waals surface area contributed by atoms with Gasteiger partial charge in [-0.25, -0.2) is 13.1 Å². The average Bonchev–Trinajstić information content (AvgIpc) is 2.76. The van der Waals surface area contributed by atoms with Crippen molar-refractivity contribution in [2.24, 2.45) is 0 Å². The topological polar surface area (TPSA) is 99.1 Å². The van der Waals surface area contributed by atoms with Gasteiger partial charge in [0.1, 0.15) is 0 Å². The van der Waals surface area contributed by atoms with Gasteiger partial charge in [0.2, 0.25) is 10.0 Å². The standard InChI is InChI=1S/C23H21N3O3S/c24-14-7-15-25-30(28,29)21-12-6-11-20(17-21)23(27)26-22-13-5-4-10-19(22)16-18-8-2-1-3-9-18/h1-6,8-13,17,25H,7,15-16H2,(H,26,27). The van der Waals surface area contributed by atoms with Crippen LogP contribution in [0.25, 0.3) is 0 Å². The zero-order valence-corrected chi connectivity index (χ0v) is 17.0. The molecule has 3 rings (SSSR count). The summed E-state index contributed by atoms with van der Waals surface area (Å²) in [6.45, 7) is 0.0160. The van der Waals surface area contributed by atoms with Crippen LogP contribution in [0.5, 0.6) is 0 Å². The largest absolute Gasteiger partial charge is 0.322 e. The molecule has 2 N–H and O–H groups in total. The molecule has 3 aromatic rings. The quantitative estimate of drug-likeness (QED) is 0.544. The van der Waals surface area contributed by atoms with E-state index < -0.39 is 15.9 Å². The molecule has 6 nitrogen and oxygen atoms in total. The maximum atomic E-state index is 12.8. The molecule has 7 heteroatoms. The number of sulfonamides is 1. The van der Waals surface area contributed by atoms with Crippen LogP contribution < -0.4 is 10.0 Å². The van der Waals surface area contributed by atoms with Gasteiger partial charge >= 0.3 is 0 Å². The number of nitrogens with one attached hydrogen (secondary N) is 2. The lowest BCUT2D eigenvalue weighted by atomic mass is 10.0. The van der Waals surface area contributed by atoms with E-state index in [4.69, 9.17) is 5.26 Å². The number of hydrogen-bond acceptors (Lipinski definition) is 4. The van der Waals surface area contributed by atoms with E-state index in [0.29, 0.717) is 12.1 Å². The third kappa shape index (κ3) is 5.54. The number of nitriles is 1. The van der Waals surface area contributed by atoms with Crippen LogP contribution in [0, 0.1) is 11.3 Å². The molecule has 0 aromatic heterocycles. The monoisotopic (exact) mass is 419 g/mol. The molecule has 0 aliphatic rings. The third-order valence-corrected chi connectivity index (χ3v) is 5.90. The van der Waals surface area contributed by atoms with Crippen molar-refractivity contribution in [3.63, 3.8) is 0 Å². The molecule has 152 valence electrons. The summed E-state index contributed by atoms with van der Waals surface area (Å²) in [5, 5.41) is 11.4. The maximum Gasteiger partial charge on any atom is 0.255 e. The number of carbonyl (C=O) groups excluding carboxylic acids is 1. The minimum absolute atomic E-state index is 0.0160. The second kappa shape index (κ2) is 9.83. The predicted molar refractivity (Wildman–Crippen MR) is 116 cm³/mol. The summed E-state index contributed by atoms with van der Waals surface area (Å²) in [6.07, 6.45) is 0.728. The molecular formula is C23H21N3O3S. The second-order valence-electron chi connectivity index (χ2n) is 6.61. The smallest absolute Gasteiger partial charge is 0.255 e. The summed E-state index contributed by atoms with van der Waals surface area (Å²) in [4.78, 5) is 12.8. The Bertz CT molecular complexity index is 1170. The van der Waals surface area contributed by atoms with E-state index in [9.17, 15) is 13.2 Å². The molecule has 0 bridgehead atoms. The van der Waals surface area contributed by atoms with E-state index in [1.807, 2.05) is 60.7 Å². The zero-order chi connectivity index (χ0) is 21.4. The summed E-state index contributed by atoms with van der Waals surface area (Å²) in [5.74, 6) is -0.399. The Kier molecular flexibility index (Phi) is 6.96. The van der Waals surface area contributed by atoms with Gasteiger partial charge in [0.25, 0.3) is 5.91 Å². The highest BCUT2D eigenvalue weighted by Crippen LogP contribution is 2.20. The summed E-state index contributed by atoms with van der Waals surface area (Å²) >= 11 is 0. The van der Waals surface area contributed by atoms with Crippen LogP contribution in [-0.4, -0.2) is 20.9 Å². The summed E-state index contributed by atoms with van der Waals surface area (Å²) in [7, 11) is -3.79. The van der Waals surface area contributed by atoms with Crippen LogP contribution in [0.4, 0.5) is 5.69 Å². The number of rotatable bonds is 8. The molecule has 0 aliphatic heterocycles. The van der Waals surface area contributed by atoms with Gasteiger partial charge in [0, 0.05) is 24.2 Å². The van der Waals surface area contributed by atoms with E-state index in [0.717, 1.165) is 11.1 Å². The van der Waals surface area contributed by atoms with Crippen LogP contribution in [0.2, 0.25) is 0 Å². The number of hydrogen-bond donors (Lipinski definition) is 2. The molecule has 1 amide bonds. The van der Waals surface area contributed by atoms with Gasteiger partial charge in [-0.1, -0.05) is 54.6 Å². The lowest BCUT2D eigenvalue weighted by Gasteiger charge is -2.12. The molecule has 3 aromatic carbocycles. The number of amides is 1. The predicted octanol–water partition coefficient (Wildman–Crippen LogP) is 3.72. The molecule has 0 saturated carbocycles. The van der Waals surface area contributed by atoms with Crippen molar-refractivity contribution in [3.05, 3.63) is 95.6 Å². The van der Waals surface area contributed by atoms with E-state index in [1.54, 1.807) is 6.07 Å². The fourth-order valence-electron chi connectivity index (χ4n) is 2.94. The summed E-state index contributed by atoms with van der Waals surface area (Å²) < 4.78 is 27.0. The Balaban J connectivity index is 1.78. The maximum absolute atomic E-state index is 12.8. The van der Waals surface area contributed by atoms with Gasteiger partial charge in [-0.2, -0.15) is 5.26 Å².